The number of nitrogens with zero attached hydrogens (tertiary/aromatic N) is 1. The zero-order valence-electron chi connectivity index (χ0n) is 11.4. The number of carboxylic acid groups (broad SMARTS) is 1. The average Bonchev–Trinajstić information content (AvgIpc) is 2.95. The van der Waals surface area contributed by atoms with Gasteiger partial charge < -0.3 is 10.4 Å². The normalized spacial score (nSPS) is 16.9. The summed E-state index contributed by atoms with van der Waals surface area (Å²) in [5.74, 6) is -0.937. The van der Waals surface area contributed by atoms with Gasteiger partial charge in [-0.3, -0.25) is 4.79 Å². The van der Waals surface area contributed by atoms with E-state index in [4.69, 9.17) is 5.11 Å². The second-order valence-electron chi connectivity index (χ2n) is 5.04. The number of rotatable bonds is 5. The third-order valence-corrected chi connectivity index (χ3v) is 5.50. The first-order valence-corrected chi connectivity index (χ1v) is 8.58. The lowest BCUT2D eigenvalue weighted by atomic mass is 9.83. The monoisotopic (exact) mass is 324 g/mol. The predicted molar refractivity (Wildman–Crippen MR) is 81.6 cm³/mol. The minimum absolute atomic E-state index is 0.175. The third kappa shape index (κ3) is 4.22. The molecule has 1 fully saturated rings. The molecule has 0 unspecified atom stereocenters. The Bertz CT molecular complexity index is 571. The number of aromatic carboxylic acids is 1. The fraction of sp³-hybridized carbons (Fsp3) is 0.500. The van der Waals surface area contributed by atoms with Gasteiger partial charge in [-0.2, -0.15) is 5.26 Å². The molecular weight excluding hydrogens is 308 g/mol. The number of carbonyl (C=O) groups excluding carboxylic acids is 1. The minimum atomic E-state index is -0.957. The zero-order chi connectivity index (χ0) is 15.3. The molecule has 0 bridgehead atoms. The summed E-state index contributed by atoms with van der Waals surface area (Å²) in [6.07, 6.45) is 4.46. The van der Waals surface area contributed by atoms with Gasteiger partial charge in [0, 0.05) is 10.3 Å². The first-order chi connectivity index (χ1) is 10.0. The number of carboxylic acids is 1. The molecule has 5 nitrogen and oxygen atoms in total. The number of amides is 1. The molecule has 1 amide bonds. The minimum Gasteiger partial charge on any atom is -0.477 e. The Morgan fingerprint density at radius 3 is 2.71 bits per heavy atom. The Morgan fingerprint density at radius 1 is 1.43 bits per heavy atom. The maximum atomic E-state index is 12.0. The average molecular weight is 324 g/mol. The van der Waals surface area contributed by atoms with Crippen LogP contribution in [0.1, 0.15) is 41.8 Å². The van der Waals surface area contributed by atoms with Crippen molar-refractivity contribution in [1.82, 2.24) is 5.32 Å². The van der Waals surface area contributed by atoms with E-state index in [-0.39, 0.29) is 16.5 Å². The Kier molecular flexibility index (Phi) is 5.26. The Labute approximate surface area is 131 Å². The highest BCUT2D eigenvalue weighted by Crippen LogP contribution is 2.28. The molecule has 0 atom stereocenters. The van der Waals surface area contributed by atoms with Crippen LogP contribution >= 0.6 is 23.1 Å². The maximum Gasteiger partial charge on any atom is 0.345 e. The molecule has 0 spiro atoms. The van der Waals surface area contributed by atoms with Crippen molar-refractivity contribution in [2.24, 2.45) is 0 Å². The van der Waals surface area contributed by atoms with Gasteiger partial charge in [-0.05, 0) is 18.9 Å². The molecule has 21 heavy (non-hydrogen) atoms. The van der Waals surface area contributed by atoms with E-state index < -0.39 is 11.5 Å². The van der Waals surface area contributed by atoms with Gasteiger partial charge in [-0.25, -0.2) is 4.79 Å². The van der Waals surface area contributed by atoms with Crippen LogP contribution in [0.2, 0.25) is 0 Å². The number of carbonyl (C=O) groups is 2. The summed E-state index contributed by atoms with van der Waals surface area (Å²) < 4.78 is 0. The molecule has 1 aromatic rings. The summed E-state index contributed by atoms with van der Waals surface area (Å²) in [4.78, 5) is 23.8. The lowest BCUT2D eigenvalue weighted by molar-refractivity contribution is -0.120. The van der Waals surface area contributed by atoms with Gasteiger partial charge in [-0.1, -0.05) is 19.3 Å². The number of thioether (sulfide) groups is 1. The van der Waals surface area contributed by atoms with Crippen molar-refractivity contribution in [3.05, 3.63) is 16.3 Å². The maximum absolute atomic E-state index is 12.0. The highest BCUT2D eigenvalue weighted by molar-refractivity contribution is 8.00. The Balaban J connectivity index is 1.86. The molecule has 1 aliphatic carbocycles. The molecule has 0 aromatic carbocycles. The summed E-state index contributed by atoms with van der Waals surface area (Å²) in [6, 6.07) is 3.81. The first-order valence-electron chi connectivity index (χ1n) is 6.71. The number of hydrogen-bond acceptors (Lipinski definition) is 5. The highest BCUT2D eigenvalue weighted by atomic mass is 32.2. The van der Waals surface area contributed by atoms with Crippen molar-refractivity contribution in [3.63, 3.8) is 0 Å². The summed E-state index contributed by atoms with van der Waals surface area (Å²) >= 11 is 2.43. The van der Waals surface area contributed by atoms with Crippen LogP contribution in [0.25, 0.3) is 0 Å². The number of thiophene rings is 1. The summed E-state index contributed by atoms with van der Waals surface area (Å²) in [6.45, 7) is 0. The van der Waals surface area contributed by atoms with Gasteiger partial charge in [0.15, 0.2) is 0 Å². The van der Waals surface area contributed by atoms with Crippen LogP contribution in [0.5, 0.6) is 0 Å². The van der Waals surface area contributed by atoms with Crippen LogP contribution in [0.4, 0.5) is 0 Å². The van der Waals surface area contributed by atoms with Crippen LogP contribution in [0.3, 0.4) is 0 Å². The molecule has 0 aliphatic heterocycles. The van der Waals surface area contributed by atoms with E-state index in [1.165, 1.54) is 11.8 Å². The third-order valence-electron chi connectivity index (χ3n) is 3.46. The second-order valence-corrected chi connectivity index (χ2v) is 7.00. The van der Waals surface area contributed by atoms with Crippen molar-refractivity contribution < 1.29 is 14.7 Å². The molecule has 1 saturated carbocycles. The second kappa shape index (κ2) is 6.96. The van der Waals surface area contributed by atoms with Crippen molar-refractivity contribution in [2.45, 2.75) is 42.5 Å². The molecule has 1 aliphatic rings. The Morgan fingerprint density at radius 2 is 2.14 bits per heavy atom. The molecule has 2 rings (SSSR count). The van der Waals surface area contributed by atoms with E-state index in [9.17, 15) is 14.9 Å². The Hall–Kier alpha value is -1.52. The molecule has 7 heteroatoms. The topological polar surface area (TPSA) is 90.2 Å². The van der Waals surface area contributed by atoms with Crippen molar-refractivity contribution >= 4 is 35.0 Å². The van der Waals surface area contributed by atoms with E-state index in [2.05, 4.69) is 11.4 Å². The van der Waals surface area contributed by atoms with Gasteiger partial charge in [0.1, 0.15) is 10.4 Å². The zero-order valence-corrected chi connectivity index (χ0v) is 13.1. The number of hydrogen-bond donors (Lipinski definition) is 2. The van der Waals surface area contributed by atoms with Gasteiger partial charge in [-0.15, -0.1) is 23.1 Å². The summed E-state index contributed by atoms with van der Waals surface area (Å²) in [7, 11) is 0. The predicted octanol–water partition coefficient (Wildman–Crippen LogP) is 2.88. The quantitative estimate of drug-likeness (QED) is 0.813. The summed E-state index contributed by atoms with van der Waals surface area (Å²) in [5.41, 5.74) is -0.712. The van der Waals surface area contributed by atoms with E-state index in [1.54, 1.807) is 11.4 Å². The number of nitriles is 1. The van der Waals surface area contributed by atoms with E-state index in [0.717, 1.165) is 35.5 Å². The van der Waals surface area contributed by atoms with E-state index >= 15 is 0 Å². The summed E-state index contributed by atoms with van der Waals surface area (Å²) in [5, 5.41) is 22.7. The lowest BCUT2D eigenvalue weighted by Gasteiger charge is -2.31. The standard InChI is InChI=1S/C14H16N2O3S2/c15-9-14(4-2-1-3-5-14)16-12(17)8-20-10-6-11(13(18)19)21-7-10/h6-7H,1-5,8H2,(H,16,17)(H,18,19). The van der Waals surface area contributed by atoms with E-state index in [1.807, 2.05) is 0 Å². The van der Waals surface area contributed by atoms with Gasteiger partial charge >= 0.3 is 5.97 Å². The lowest BCUT2D eigenvalue weighted by Crippen LogP contribution is -2.49. The van der Waals surface area contributed by atoms with Gasteiger partial charge in [0.2, 0.25) is 5.91 Å². The van der Waals surface area contributed by atoms with Crippen LogP contribution in [-0.2, 0) is 4.79 Å². The van der Waals surface area contributed by atoms with Crippen LogP contribution in [-0.4, -0.2) is 28.3 Å². The molecule has 112 valence electrons. The van der Waals surface area contributed by atoms with Crippen LogP contribution in [0, 0.1) is 11.3 Å². The largest absolute Gasteiger partial charge is 0.477 e. The van der Waals surface area contributed by atoms with Crippen LogP contribution in [0.15, 0.2) is 16.3 Å². The molecule has 1 aromatic heterocycles. The SMILES string of the molecule is N#CC1(NC(=O)CSc2csc(C(=O)O)c2)CCCCC1. The molecular formula is C14H16N2O3S2. The van der Waals surface area contributed by atoms with Crippen molar-refractivity contribution in [3.8, 4) is 6.07 Å². The van der Waals surface area contributed by atoms with Gasteiger partial charge in [0.25, 0.3) is 0 Å². The molecule has 0 saturated heterocycles. The highest BCUT2D eigenvalue weighted by Gasteiger charge is 2.33. The molecule has 2 N–H and O–H groups in total. The fourth-order valence-corrected chi connectivity index (χ4v) is 4.05. The van der Waals surface area contributed by atoms with Crippen molar-refractivity contribution in [2.75, 3.05) is 5.75 Å². The smallest absolute Gasteiger partial charge is 0.345 e. The first kappa shape index (κ1) is 15.9. The van der Waals surface area contributed by atoms with E-state index in [0.29, 0.717) is 12.8 Å². The number of nitrogens with one attached hydrogen (secondary N) is 1. The van der Waals surface area contributed by atoms with Gasteiger partial charge in [0.05, 0.1) is 11.8 Å². The van der Waals surface area contributed by atoms with Crippen molar-refractivity contribution in [1.29, 1.82) is 5.26 Å². The van der Waals surface area contributed by atoms with Crippen LogP contribution < -0.4 is 5.32 Å². The molecule has 1 heterocycles. The fourth-order valence-electron chi connectivity index (χ4n) is 2.38. The molecule has 0 radical (unpaired) electrons.